The van der Waals surface area contributed by atoms with E-state index in [1.807, 2.05) is 13.0 Å². The van der Waals surface area contributed by atoms with E-state index in [4.69, 9.17) is 34.8 Å². The highest BCUT2D eigenvalue weighted by atomic mass is 35.5. The molecule has 2 aliphatic carbocycles. The molecule has 0 radical (unpaired) electrons. The largest absolute Gasteiger partial charge is 0.508 e. The number of phenolic OH excluding ortho intramolecular Hbond substituents is 1. The monoisotopic (exact) mass is 524 g/mol. The zero-order chi connectivity index (χ0) is 24.7. The van der Waals surface area contributed by atoms with Gasteiger partial charge in [0.25, 0.3) is 11.8 Å². The van der Waals surface area contributed by atoms with E-state index in [0.29, 0.717) is 30.5 Å². The van der Waals surface area contributed by atoms with Gasteiger partial charge in [0.15, 0.2) is 9.75 Å². The molecule has 1 aromatic carbocycles. The lowest BCUT2D eigenvalue weighted by molar-refractivity contribution is -0.141. The van der Waals surface area contributed by atoms with Gasteiger partial charge in [0.05, 0.1) is 11.8 Å². The molecule has 0 spiro atoms. The lowest BCUT2D eigenvalue weighted by Crippen LogP contribution is -2.60. The first kappa shape index (κ1) is 23.6. The fourth-order valence-corrected chi connectivity index (χ4v) is 7.64. The molecule has 1 aromatic rings. The normalized spacial score (nSPS) is 37.0. The van der Waals surface area contributed by atoms with Gasteiger partial charge in [0.2, 0.25) is 11.8 Å². The molecule has 0 unspecified atom stereocenters. The Kier molecular flexibility index (Phi) is 5.36. The van der Waals surface area contributed by atoms with Gasteiger partial charge in [-0.25, -0.2) is 0 Å². The van der Waals surface area contributed by atoms with Gasteiger partial charge in [-0.1, -0.05) is 36.2 Å². The summed E-state index contributed by atoms with van der Waals surface area (Å²) in [7, 11) is 1.33. The van der Waals surface area contributed by atoms with Crippen molar-refractivity contribution in [3.8, 4) is 5.75 Å². The molecule has 2 aliphatic heterocycles. The molecule has 0 aromatic heterocycles. The molecule has 180 valence electrons. The summed E-state index contributed by atoms with van der Waals surface area (Å²) in [5.41, 5.74) is 1.10. The van der Waals surface area contributed by atoms with Gasteiger partial charge in [-0.3, -0.25) is 29.0 Å². The minimum atomic E-state index is -1.88. The van der Waals surface area contributed by atoms with E-state index >= 15 is 0 Å². The second-order valence-corrected chi connectivity index (χ2v) is 11.2. The molecule has 3 fully saturated rings. The predicted molar refractivity (Wildman–Crippen MR) is 126 cm³/mol. The van der Waals surface area contributed by atoms with Crippen LogP contribution in [0.15, 0.2) is 29.8 Å². The summed E-state index contributed by atoms with van der Waals surface area (Å²) in [5, 5.41) is 10.1. The number of carbonyl (C=O) groups is 4. The number of halogens is 3. The fourth-order valence-electron chi connectivity index (χ4n) is 6.35. The van der Waals surface area contributed by atoms with Crippen LogP contribution in [0.5, 0.6) is 5.75 Å². The second-order valence-electron chi connectivity index (χ2n) is 9.53. The summed E-state index contributed by atoms with van der Waals surface area (Å²) in [6, 6.07) is 4.31. The first-order chi connectivity index (χ1) is 16.0. The molecule has 2 saturated heterocycles. The number of hydrogen-bond donors (Lipinski definition) is 1. The number of nitrogens with zero attached hydrogens (tertiary/aromatic N) is 2. The van der Waals surface area contributed by atoms with Crippen LogP contribution < -0.4 is 0 Å². The molecule has 5 rings (SSSR count). The van der Waals surface area contributed by atoms with Crippen molar-refractivity contribution >= 4 is 58.4 Å². The maximum atomic E-state index is 13.4. The first-order valence-corrected chi connectivity index (χ1v) is 12.4. The fraction of sp³-hybridized carbons (Fsp3) is 0.500. The van der Waals surface area contributed by atoms with E-state index < -0.39 is 45.2 Å². The molecular weight excluding hydrogens is 503 g/mol. The maximum Gasteiger partial charge on any atom is 0.253 e. The molecule has 10 heteroatoms. The summed E-state index contributed by atoms with van der Waals surface area (Å²) in [4.78, 5) is 51.7. The Balaban J connectivity index is 1.73. The minimum Gasteiger partial charge on any atom is -0.508 e. The highest BCUT2D eigenvalue weighted by Crippen LogP contribution is 2.65. The van der Waals surface area contributed by atoms with Crippen molar-refractivity contribution in [2.24, 2.45) is 17.8 Å². The van der Waals surface area contributed by atoms with Crippen LogP contribution in [0.3, 0.4) is 0 Å². The molecule has 4 amide bonds. The van der Waals surface area contributed by atoms with Crippen molar-refractivity contribution < 1.29 is 24.3 Å². The summed E-state index contributed by atoms with van der Waals surface area (Å²) < 4.78 is 0. The number of phenols is 1. The van der Waals surface area contributed by atoms with Crippen LogP contribution in [-0.4, -0.2) is 61.9 Å². The molecule has 34 heavy (non-hydrogen) atoms. The molecule has 6 atom stereocenters. The number of amides is 4. The molecular formula is C24H23Cl3N2O5. The second kappa shape index (κ2) is 7.70. The third-order valence-corrected chi connectivity index (χ3v) is 9.59. The van der Waals surface area contributed by atoms with Gasteiger partial charge in [-0.2, -0.15) is 0 Å². The zero-order valence-electron chi connectivity index (χ0n) is 18.6. The first-order valence-electron chi connectivity index (χ1n) is 11.2. The van der Waals surface area contributed by atoms with E-state index in [-0.39, 0.29) is 29.0 Å². The van der Waals surface area contributed by atoms with E-state index in [0.717, 1.165) is 4.90 Å². The number of allylic oxidation sites excluding steroid dienone is 2. The highest BCUT2D eigenvalue weighted by molar-refractivity contribution is 6.53. The number of likely N-dealkylation sites (tertiary alicyclic amines) is 2. The van der Waals surface area contributed by atoms with Gasteiger partial charge < -0.3 is 5.11 Å². The number of alkyl halides is 2. The number of aromatic hydroxyl groups is 1. The molecule has 7 nitrogen and oxygen atoms in total. The number of benzene rings is 1. The Hall–Kier alpha value is -2.09. The van der Waals surface area contributed by atoms with Crippen LogP contribution in [0, 0.1) is 17.8 Å². The summed E-state index contributed by atoms with van der Waals surface area (Å²) in [6.45, 7) is 2.22. The van der Waals surface area contributed by atoms with E-state index in [1.54, 1.807) is 6.07 Å². The molecule has 0 bridgehead atoms. The van der Waals surface area contributed by atoms with Gasteiger partial charge in [-0.05, 0) is 42.9 Å². The van der Waals surface area contributed by atoms with Crippen molar-refractivity contribution in [2.75, 3.05) is 13.6 Å². The van der Waals surface area contributed by atoms with Crippen LogP contribution in [0.25, 0.3) is 0 Å². The quantitative estimate of drug-likeness (QED) is 0.371. The van der Waals surface area contributed by atoms with Gasteiger partial charge in [0, 0.05) is 24.5 Å². The number of imide groups is 2. The maximum absolute atomic E-state index is 13.4. The standard InChI is InChI=1S/C24H23Cl3N2O5/c1-3-8-29-19(31)14-7-6-12-15(17(14)20(29)32)10-23(26)21(33)28(2)22(34)24(23,27)18(12)13-5-4-11(30)9-16(13)25/h4-6,9,14-15,17-18,30H,3,7-8,10H2,1-2H3/t14-,15+,17-,18+,23+,24-/m0/s1. The van der Waals surface area contributed by atoms with Crippen LogP contribution in [0.4, 0.5) is 0 Å². The number of hydrogen-bond acceptors (Lipinski definition) is 5. The van der Waals surface area contributed by atoms with Crippen LogP contribution in [-0.2, 0) is 19.2 Å². The van der Waals surface area contributed by atoms with E-state index in [2.05, 4.69) is 0 Å². The SMILES string of the molecule is CCCN1C(=O)[C@H]2[C@H](CC=C3[C@H]2C[C@@]2(Cl)C(=O)N(C)C(=O)[C@@]2(Cl)[C@H]3c2ccc(O)cc2Cl)C1=O. The Bertz CT molecular complexity index is 1190. The van der Waals surface area contributed by atoms with Crippen molar-refractivity contribution in [2.45, 2.75) is 41.9 Å². The molecule has 4 aliphatic rings. The Morgan fingerprint density at radius 2 is 1.79 bits per heavy atom. The lowest BCUT2D eigenvalue weighted by atomic mass is 9.56. The number of carbonyl (C=O) groups excluding carboxylic acids is 4. The van der Waals surface area contributed by atoms with Crippen molar-refractivity contribution in [3.05, 3.63) is 40.4 Å². The smallest absolute Gasteiger partial charge is 0.253 e. The zero-order valence-corrected chi connectivity index (χ0v) is 20.8. The Morgan fingerprint density at radius 1 is 1.09 bits per heavy atom. The molecule has 1 N–H and O–H groups in total. The van der Waals surface area contributed by atoms with E-state index in [1.165, 1.54) is 24.1 Å². The summed E-state index contributed by atoms with van der Waals surface area (Å²) in [5.74, 6) is -4.59. The van der Waals surface area contributed by atoms with Crippen LogP contribution >= 0.6 is 34.8 Å². The van der Waals surface area contributed by atoms with Crippen molar-refractivity contribution in [1.29, 1.82) is 0 Å². The van der Waals surface area contributed by atoms with Gasteiger partial charge >= 0.3 is 0 Å². The number of fused-ring (bicyclic) bond motifs is 4. The Labute approximate surface area is 211 Å². The van der Waals surface area contributed by atoms with Crippen LogP contribution in [0.1, 0.15) is 37.7 Å². The van der Waals surface area contributed by atoms with Crippen LogP contribution in [0.2, 0.25) is 5.02 Å². The average Bonchev–Trinajstić information content (AvgIpc) is 3.10. The van der Waals surface area contributed by atoms with Crippen molar-refractivity contribution in [1.82, 2.24) is 9.80 Å². The average molecular weight is 526 g/mol. The number of rotatable bonds is 3. The third-order valence-electron chi connectivity index (χ3n) is 7.85. The van der Waals surface area contributed by atoms with Gasteiger partial charge in [-0.15, -0.1) is 23.2 Å². The topological polar surface area (TPSA) is 95.0 Å². The molecule has 2 heterocycles. The Morgan fingerprint density at radius 3 is 2.44 bits per heavy atom. The summed E-state index contributed by atoms with van der Waals surface area (Å²) >= 11 is 20.6. The molecule has 1 saturated carbocycles. The van der Waals surface area contributed by atoms with Gasteiger partial charge in [0.1, 0.15) is 5.75 Å². The lowest BCUT2D eigenvalue weighted by Gasteiger charge is -2.51. The van der Waals surface area contributed by atoms with E-state index in [9.17, 15) is 24.3 Å². The minimum absolute atomic E-state index is 0.0504. The third kappa shape index (κ3) is 2.78. The highest BCUT2D eigenvalue weighted by Gasteiger charge is 2.76. The summed E-state index contributed by atoms with van der Waals surface area (Å²) in [6.07, 6.45) is 2.76. The predicted octanol–water partition coefficient (Wildman–Crippen LogP) is 3.44. The van der Waals surface area contributed by atoms with Crippen molar-refractivity contribution in [3.63, 3.8) is 0 Å².